The first-order valence-corrected chi connectivity index (χ1v) is 11.6. The van der Waals surface area contributed by atoms with Crippen molar-refractivity contribution >= 4 is 56.5 Å². The van der Waals surface area contributed by atoms with Crippen molar-refractivity contribution in [1.82, 2.24) is 4.90 Å². The Balaban J connectivity index is 1.70. The van der Waals surface area contributed by atoms with Gasteiger partial charge in [-0.2, -0.15) is 0 Å². The van der Waals surface area contributed by atoms with Crippen molar-refractivity contribution < 1.29 is 28.6 Å². The number of hydrogen-bond acceptors (Lipinski definition) is 7. The Morgan fingerprint density at radius 2 is 1.91 bits per heavy atom. The second-order valence-corrected chi connectivity index (χ2v) is 8.75. The highest BCUT2D eigenvalue weighted by Crippen LogP contribution is 2.38. The number of amides is 3. The number of para-hydroxylation sites is 1. The lowest BCUT2D eigenvalue weighted by Gasteiger charge is -2.13. The third-order valence-corrected chi connectivity index (χ3v) is 6.18. The summed E-state index contributed by atoms with van der Waals surface area (Å²) in [6, 6.07) is 12.4. The molecule has 0 aromatic heterocycles. The molecule has 2 aromatic rings. The molecule has 0 radical (unpaired) electrons. The first-order valence-electron chi connectivity index (χ1n) is 10.0. The molecule has 2 aromatic carbocycles. The van der Waals surface area contributed by atoms with Crippen molar-refractivity contribution in [1.29, 1.82) is 0 Å². The van der Waals surface area contributed by atoms with Crippen LogP contribution in [0, 0.1) is 0 Å². The number of rotatable bonds is 10. The minimum Gasteiger partial charge on any atom is -0.493 e. The number of thioether (sulfide) groups is 1. The molecule has 0 unspecified atom stereocenters. The molecule has 1 aliphatic rings. The molecule has 1 heterocycles. The van der Waals surface area contributed by atoms with E-state index in [9.17, 15) is 14.4 Å². The van der Waals surface area contributed by atoms with Gasteiger partial charge < -0.3 is 19.5 Å². The number of halogens is 1. The van der Waals surface area contributed by atoms with Crippen molar-refractivity contribution in [3.63, 3.8) is 0 Å². The van der Waals surface area contributed by atoms with Gasteiger partial charge in [-0.1, -0.05) is 34.1 Å². The van der Waals surface area contributed by atoms with Crippen LogP contribution in [0.3, 0.4) is 0 Å². The van der Waals surface area contributed by atoms with Gasteiger partial charge in [0.25, 0.3) is 17.1 Å². The molecule has 1 N–H and O–H groups in total. The van der Waals surface area contributed by atoms with Crippen molar-refractivity contribution in [3.05, 3.63) is 57.4 Å². The molecule has 3 rings (SSSR count). The van der Waals surface area contributed by atoms with Crippen LogP contribution in [0.1, 0.15) is 12.0 Å². The van der Waals surface area contributed by atoms with E-state index in [1.54, 1.807) is 37.5 Å². The molecule has 0 aliphatic carbocycles. The van der Waals surface area contributed by atoms with Gasteiger partial charge in [0.15, 0.2) is 18.1 Å². The van der Waals surface area contributed by atoms with Crippen LogP contribution in [0.5, 0.6) is 11.5 Å². The van der Waals surface area contributed by atoms with Crippen molar-refractivity contribution in [3.8, 4) is 11.5 Å². The molecule has 33 heavy (non-hydrogen) atoms. The van der Waals surface area contributed by atoms with E-state index in [0.29, 0.717) is 51.7 Å². The van der Waals surface area contributed by atoms with Gasteiger partial charge in [-0.15, -0.1) is 0 Å². The molecule has 8 nitrogen and oxygen atoms in total. The first-order chi connectivity index (χ1) is 15.9. The van der Waals surface area contributed by atoms with Crippen LogP contribution in [0.4, 0.5) is 10.5 Å². The topological polar surface area (TPSA) is 94.2 Å². The SMILES string of the molecule is COCCCN1C(=O)S/C(=C/c2cc(OC)c(OCC(=O)Nc3ccccc3)cc2Br)C1=O. The third-order valence-electron chi connectivity index (χ3n) is 4.59. The number of nitrogens with one attached hydrogen (secondary N) is 1. The molecule has 0 saturated carbocycles. The monoisotopic (exact) mass is 534 g/mol. The lowest BCUT2D eigenvalue weighted by Crippen LogP contribution is -2.29. The second kappa shape index (κ2) is 11.9. The second-order valence-electron chi connectivity index (χ2n) is 6.91. The van der Waals surface area contributed by atoms with E-state index in [-0.39, 0.29) is 23.7 Å². The number of imide groups is 1. The van der Waals surface area contributed by atoms with Gasteiger partial charge in [-0.25, -0.2) is 0 Å². The number of carbonyl (C=O) groups excluding carboxylic acids is 3. The van der Waals surface area contributed by atoms with Crippen LogP contribution in [-0.2, 0) is 14.3 Å². The number of benzene rings is 2. The number of ether oxygens (including phenoxy) is 3. The van der Waals surface area contributed by atoms with E-state index in [4.69, 9.17) is 14.2 Å². The number of methoxy groups -OCH3 is 2. The Kier molecular flexibility index (Phi) is 8.93. The summed E-state index contributed by atoms with van der Waals surface area (Å²) in [4.78, 5) is 38.6. The highest BCUT2D eigenvalue weighted by molar-refractivity contribution is 9.10. The van der Waals surface area contributed by atoms with Crippen LogP contribution in [-0.4, -0.2) is 55.9 Å². The van der Waals surface area contributed by atoms with Gasteiger partial charge in [0.2, 0.25) is 0 Å². The predicted molar refractivity (Wildman–Crippen MR) is 130 cm³/mol. The van der Waals surface area contributed by atoms with E-state index in [2.05, 4.69) is 21.2 Å². The smallest absolute Gasteiger partial charge is 0.293 e. The maximum atomic E-state index is 12.6. The van der Waals surface area contributed by atoms with E-state index >= 15 is 0 Å². The maximum absolute atomic E-state index is 12.6. The summed E-state index contributed by atoms with van der Waals surface area (Å²) < 4.78 is 16.6. The van der Waals surface area contributed by atoms with Crippen LogP contribution in [0.2, 0.25) is 0 Å². The van der Waals surface area contributed by atoms with Gasteiger partial charge in [-0.05, 0) is 54.1 Å². The molecule has 3 amide bonds. The molecular formula is C23H23BrN2O6S. The molecule has 0 bridgehead atoms. The van der Waals surface area contributed by atoms with E-state index in [0.717, 1.165) is 11.8 Å². The highest BCUT2D eigenvalue weighted by Gasteiger charge is 2.34. The molecule has 1 fully saturated rings. The fourth-order valence-electron chi connectivity index (χ4n) is 3.00. The normalized spacial score (nSPS) is 14.6. The standard InChI is InChI=1S/C23H23BrN2O6S/c1-30-10-6-9-26-22(28)20(33-23(26)29)12-15-11-18(31-2)19(13-17(15)24)32-14-21(27)25-16-7-4-3-5-8-16/h3-5,7-8,11-13H,6,9-10,14H2,1-2H3,(H,25,27)/b20-12+. The molecule has 10 heteroatoms. The van der Waals surface area contributed by atoms with Gasteiger partial charge in [0.1, 0.15) is 0 Å². The maximum Gasteiger partial charge on any atom is 0.293 e. The number of anilines is 1. The molecule has 174 valence electrons. The number of hydrogen-bond donors (Lipinski definition) is 1. The van der Waals surface area contributed by atoms with E-state index < -0.39 is 0 Å². The largest absolute Gasteiger partial charge is 0.493 e. The van der Waals surface area contributed by atoms with Gasteiger partial charge in [0.05, 0.1) is 12.0 Å². The molecule has 0 atom stereocenters. The Morgan fingerprint density at radius 1 is 1.15 bits per heavy atom. The number of nitrogens with zero attached hydrogens (tertiary/aromatic N) is 1. The zero-order valence-electron chi connectivity index (χ0n) is 18.1. The lowest BCUT2D eigenvalue weighted by molar-refractivity contribution is -0.123. The molecule has 0 spiro atoms. The zero-order valence-corrected chi connectivity index (χ0v) is 20.5. The van der Waals surface area contributed by atoms with E-state index in [1.165, 1.54) is 12.0 Å². The first kappa shape index (κ1) is 24.8. The summed E-state index contributed by atoms with van der Waals surface area (Å²) in [6.07, 6.45) is 2.20. The zero-order chi connectivity index (χ0) is 23.8. The van der Waals surface area contributed by atoms with Crippen molar-refractivity contribution in [2.75, 3.05) is 39.3 Å². The van der Waals surface area contributed by atoms with E-state index in [1.807, 2.05) is 18.2 Å². The Bertz CT molecular complexity index is 1060. The molecule has 1 aliphatic heterocycles. The summed E-state index contributed by atoms with van der Waals surface area (Å²) in [5.41, 5.74) is 1.31. The van der Waals surface area contributed by atoms with Gasteiger partial charge in [0, 0.05) is 30.4 Å². The van der Waals surface area contributed by atoms with Crippen molar-refractivity contribution in [2.24, 2.45) is 0 Å². The number of carbonyl (C=O) groups is 3. The summed E-state index contributed by atoms with van der Waals surface area (Å²) in [5, 5.41) is 2.43. The fourth-order valence-corrected chi connectivity index (χ4v) is 4.29. The minimum atomic E-state index is -0.343. The molecular weight excluding hydrogens is 512 g/mol. The average Bonchev–Trinajstić information content (AvgIpc) is 3.07. The Labute approximate surface area is 204 Å². The van der Waals surface area contributed by atoms with Crippen LogP contribution >= 0.6 is 27.7 Å². The summed E-state index contributed by atoms with van der Waals surface area (Å²) >= 11 is 4.35. The van der Waals surface area contributed by atoms with Gasteiger partial charge >= 0.3 is 0 Å². The minimum absolute atomic E-state index is 0.211. The quantitative estimate of drug-likeness (QED) is 0.353. The summed E-state index contributed by atoms with van der Waals surface area (Å²) in [7, 11) is 3.05. The lowest BCUT2D eigenvalue weighted by atomic mass is 10.2. The molecule has 1 saturated heterocycles. The van der Waals surface area contributed by atoms with Gasteiger partial charge in [-0.3, -0.25) is 19.3 Å². The summed E-state index contributed by atoms with van der Waals surface area (Å²) in [6.45, 7) is 0.559. The average molecular weight is 535 g/mol. The highest BCUT2D eigenvalue weighted by atomic mass is 79.9. The summed E-state index contributed by atoms with van der Waals surface area (Å²) in [5.74, 6) is 0.0872. The third kappa shape index (κ3) is 6.59. The van der Waals surface area contributed by atoms with Crippen LogP contribution in [0.25, 0.3) is 6.08 Å². The fraction of sp³-hybridized carbons (Fsp3) is 0.261. The van der Waals surface area contributed by atoms with Crippen LogP contribution in [0.15, 0.2) is 51.8 Å². The van der Waals surface area contributed by atoms with Crippen molar-refractivity contribution in [2.45, 2.75) is 6.42 Å². The Morgan fingerprint density at radius 3 is 2.61 bits per heavy atom. The van der Waals surface area contributed by atoms with Crippen LogP contribution < -0.4 is 14.8 Å². The predicted octanol–water partition coefficient (Wildman–Crippen LogP) is 4.55. The Hall–Kier alpha value is -2.82.